The number of aryl methyl sites for hydroxylation is 2. The lowest BCUT2D eigenvalue weighted by molar-refractivity contribution is 0.0342. The summed E-state index contributed by atoms with van der Waals surface area (Å²) >= 11 is 0. The van der Waals surface area contributed by atoms with Crippen molar-refractivity contribution in [1.29, 1.82) is 0 Å². The minimum absolute atomic E-state index is 0.145. The topological polar surface area (TPSA) is 105 Å². The molecule has 0 atom stereocenters. The number of rotatable bonds is 7. The Labute approximate surface area is 233 Å². The number of hydrogen-bond acceptors (Lipinski definition) is 6. The summed E-state index contributed by atoms with van der Waals surface area (Å²) in [4.78, 5) is 36.4. The molecule has 1 amide bonds. The van der Waals surface area contributed by atoms with Crippen molar-refractivity contribution in [2.45, 2.75) is 58.7 Å². The van der Waals surface area contributed by atoms with Crippen molar-refractivity contribution < 1.29 is 9.53 Å². The summed E-state index contributed by atoms with van der Waals surface area (Å²) in [5.74, 6) is -0.247. The van der Waals surface area contributed by atoms with E-state index in [0.717, 1.165) is 79.2 Å². The number of H-pyrrole nitrogens is 1. The van der Waals surface area contributed by atoms with Crippen LogP contribution in [0.25, 0.3) is 22.3 Å². The molecular weight excluding hydrogens is 504 g/mol. The number of nitrogens with zero attached hydrogens (tertiary/aromatic N) is 4. The highest BCUT2D eigenvalue weighted by molar-refractivity contribution is 6.06. The van der Waals surface area contributed by atoms with Gasteiger partial charge in [0.05, 0.1) is 42.1 Å². The van der Waals surface area contributed by atoms with Crippen molar-refractivity contribution in [3.8, 4) is 11.3 Å². The van der Waals surface area contributed by atoms with Crippen LogP contribution in [0.2, 0.25) is 0 Å². The first-order valence-electron chi connectivity index (χ1n) is 14.2. The molecule has 1 aromatic carbocycles. The Morgan fingerprint density at radius 1 is 1.10 bits per heavy atom. The van der Waals surface area contributed by atoms with Crippen molar-refractivity contribution in [2.75, 3.05) is 26.3 Å². The minimum atomic E-state index is -0.247. The van der Waals surface area contributed by atoms with E-state index >= 15 is 0 Å². The van der Waals surface area contributed by atoms with Gasteiger partial charge in [0.15, 0.2) is 5.65 Å². The van der Waals surface area contributed by atoms with E-state index in [1.807, 2.05) is 30.7 Å². The molecule has 1 saturated carbocycles. The smallest absolute Gasteiger partial charge is 0.253 e. The molecule has 4 heterocycles. The number of nitrogens with one attached hydrogen (secondary N) is 2. The van der Waals surface area contributed by atoms with Crippen LogP contribution in [0.4, 0.5) is 0 Å². The molecule has 0 unspecified atom stereocenters. The number of pyridine rings is 2. The monoisotopic (exact) mass is 540 g/mol. The predicted molar refractivity (Wildman–Crippen MR) is 154 cm³/mol. The zero-order valence-electron chi connectivity index (χ0n) is 23.2. The van der Waals surface area contributed by atoms with E-state index in [1.165, 1.54) is 18.4 Å². The molecule has 4 aromatic rings. The normalized spacial score (nSPS) is 16.6. The maximum atomic E-state index is 13.6. The van der Waals surface area contributed by atoms with Crippen LogP contribution in [0.3, 0.4) is 0 Å². The van der Waals surface area contributed by atoms with Gasteiger partial charge in [0.2, 0.25) is 0 Å². The molecule has 1 saturated heterocycles. The third kappa shape index (κ3) is 5.44. The van der Waals surface area contributed by atoms with Crippen molar-refractivity contribution >= 4 is 16.9 Å². The van der Waals surface area contributed by atoms with Crippen LogP contribution in [-0.4, -0.2) is 56.9 Å². The number of fused-ring (bicyclic) bond motifs is 1. The molecule has 6 rings (SSSR count). The van der Waals surface area contributed by atoms with Crippen molar-refractivity contribution in [3.05, 3.63) is 80.9 Å². The fraction of sp³-hybridized carbons (Fsp3) is 0.419. The van der Waals surface area contributed by atoms with Crippen LogP contribution >= 0.6 is 0 Å². The number of aromatic amines is 1. The first-order chi connectivity index (χ1) is 19.5. The van der Waals surface area contributed by atoms with Gasteiger partial charge in [0, 0.05) is 43.0 Å². The van der Waals surface area contributed by atoms with E-state index in [4.69, 9.17) is 14.8 Å². The van der Waals surface area contributed by atoms with Gasteiger partial charge in [-0.3, -0.25) is 14.5 Å². The number of benzene rings is 1. The van der Waals surface area contributed by atoms with Crippen LogP contribution in [0, 0.1) is 13.8 Å². The molecule has 9 heteroatoms. The van der Waals surface area contributed by atoms with Gasteiger partial charge in [-0.05, 0) is 49.9 Å². The molecule has 0 radical (unpaired) electrons. The zero-order chi connectivity index (χ0) is 27.6. The first kappa shape index (κ1) is 26.4. The summed E-state index contributed by atoms with van der Waals surface area (Å²) in [6.45, 7) is 8.21. The SMILES string of the molecule is Cc1cc(C)c(CNC(=O)c2cc(-c3ccc(CN4CCOCC4)cc3)nc3c2cnn3C2CCCC2)c(=O)[nH]1. The Bertz CT molecular complexity index is 1580. The van der Waals surface area contributed by atoms with Gasteiger partial charge in [-0.2, -0.15) is 5.10 Å². The lowest BCUT2D eigenvalue weighted by Gasteiger charge is -2.26. The molecule has 208 valence electrons. The molecule has 9 nitrogen and oxygen atoms in total. The second-order valence-electron chi connectivity index (χ2n) is 11.0. The number of ether oxygens (including phenoxy) is 1. The van der Waals surface area contributed by atoms with Crippen molar-refractivity contribution in [2.24, 2.45) is 0 Å². The number of carbonyl (C=O) groups excluding carboxylic acids is 1. The Balaban J connectivity index is 1.32. The fourth-order valence-corrected chi connectivity index (χ4v) is 5.93. The molecule has 2 fully saturated rings. The van der Waals surface area contributed by atoms with Gasteiger partial charge >= 0.3 is 0 Å². The van der Waals surface area contributed by atoms with Gasteiger partial charge in [0.25, 0.3) is 11.5 Å². The average Bonchev–Trinajstić information content (AvgIpc) is 3.63. The molecule has 1 aliphatic carbocycles. The van der Waals surface area contributed by atoms with Crippen LogP contribution < -0.4 is 10.9 Å². The lowest BCUT2D eigenvalue weighted by atomic mass is 10.0. The number of amides is 1. The van der Waals surface area contributed by atoms with Gasteiger partial charge in [0.1, 0.15) is 0 Å². The van der Waals surface area contributed by atoms with Crippen molar-refractivity contribution in [3.63, 3.8) is 0 Å². The summed E-state index contributed by atoms with van der Waals surface area (Å²) in [5.41, 5.74) is 6.21. The molecule has 0 bridgehead atoms. The van der Waals surface area contributed by atoms with E-state index < -0.39 is 0 Å². The number of hydrogen-bond donors (Lipinski definition) is 2. The van der Waals surface area contributed by atoms with E-state index in [1.54, 1.807) is 6.20 Å². The maximum absolute atomic E-state index is 13.6. The Morgan fingerprint density at radius 2 is 1.85 bits per heavy atom. The quantitative estimate of drug-likeness (QED) is 0.363. The van der Waals surface area contributed by atoms with Crippen LogP contribution in [0.15, 0.2) is 47.4 Å². The third-order valence-electron chi connectivity index (χ3n) is 8.16. The molecule has 2 N–H and O–H groups in total. The van der Waals surface area contributed by atoms with Gasteiger partial charge in [-0.15, -0.1) is 0 Å². The highest BCUT2D eigenvalue weighted by atomic mass is 16.5. The Morgan fingerprint density at radius 3 is 2.58 bits per heavy atom. The third-order valence-corrected chi connectivity index (χ3v) is 8.16. The minimum Gasteiger partial charge on any atom is -0.379 e. The van der Waals surface area contributed by atoms with Crippen LogP contribution in [0.5, 0.6) is 0 Å². The van der Waals surface area contributed by atoms with E-state index in [0.29, 0.717) is 17.2 Å². The Hall–Kier alpha value is -3.82. The average molecular weight is 541 g/mol. The zero-order valence-corrected chi connectivity index (χ0v) is 23.2. The standard InChI is InChI=1S/C31H36N6O3/c1-20-15-21(2)34-31(39)26(20)17-32-30(38)25-16-28(35-29-27(25)18-33-37(29)24-5-3-4-6-24)23-9-7-22(8-10-23)19-36-11-13-40-14-12-36/h7-10,15-16,18,24H,3-6,11-14,17,19H2,1-2H3,(H,32,38)(H,34,39). The first-order valence-corrected chi connectivity index (χ1v) is 14.2. The summed E-state index contributed by atoms with van der Waals surface area (Å²) in [6, 6.07) is 12.5. The van der Waals surface area contributed by atoms with E-state index in [9.17, 15) is 9.59 Å². The largest absolute Gasteiger partial charge is 0.379 e. The molecule has 3 aromatic heterocycles. The summed E-state index contributed by atoms with van der Waals surface area (Å²) in [6.07, 6.45) is 6.24. The van der Waals surface area contributed by atoms with Gasteiger partial charge in [-0.25, -0.2) is 9.67 Å². The summed E-state index contributed by atoms with van der Waals surface area (Å²) in [5, 5.41) is 8.40. The van der Waals surface area contributed by atoms with E-state index in [2.05, 4.69) is 39.5 Å². The molecule has 40 heavy (non-hydrogen) atoms. The lowest BCUT2D eigenvalue weighted by Crippen LogP contribution is -2.35. The molecule has 2 aliphatic rings. The molecule has 1 aliphatic heterocycles. The van der Waals surface area contributed by atoms with E-state index in [-0.39, 0.29) is 18.0 Å². The van der Waals surface area contributed by atoms with Gasteiger partial charge < -0.3 is 15.0 Å². The number of aromatic nitrogens is 4. The summed E-state index contributed by atoms with van der Waals surface area (Å²) < 4.78 is 7.48. The van der Waals surface area contributed by atoms with Gasteiger partial charge in [-0.1, -0.05) is 37.1 Å². The second-order valence-corrected chi connectivity index (χ2v) is 11.0. The molecular formula is C31H36N6O3. The highest BCUT2D eigenvalue weighted by Crippen LogP contribution is 2.33. The van der Waals surface area contributed by atoms with Crippen LogP contribution in [-0.2, 0) is 17.8 Å². The fourth-order valence-electron chi connectivity index (χ4n) is 5.93. The second kappa shape index (κ2) is 11.3. The van der Waals surface area contributed by atoms with Crippen LogP contribution in [0.1, 0.15) is 64.5 Å². The highest BCUT2D eigenvalue weighted by Gasteiger charge is 2.24. The summed E-state index contributed by atoms with van der Waals surface area (Å²) in [7, 11) is 0. The van der Waals surface area contributed by atoms with Crippen molar-refractivity contribution in [1.82, 2.24) is 30.0 Å². The maximum Gasteiger partial charge on any atom is 0.253 e. The number of morpholine rings is 1. The Kier molecular flexibility index (Phi) is 7.49. The predicted octanol–water partition coefficient (Wildman–Crippen LogP) is 4.28. The number of carbonyl (C=O) groups is 1. The molecule has 0 spiro atoms.